The second kappa shape index (κ2) is 7.28. The van der Waals surface area contributed by atoms with E-state index in [4.69, 9.17) is 14.2 Å². The van der Waals surface area contributed by atoms with Crippen molar-refractivity contribution in [3.63, 3.8) is 0 Å². The summed E-state index contributed by atoms with van der Waals surface area (Å²) in [6, 6.07) is 14.3. The zero-order chi connectivity index (χ0) is 21.4. The minimum absolute atomic E-state index is 0.0784. The molecule has 1 spiro atoms. The number of aromatic nitrogens is 1. The van der Waals surface area contributed by atoms with Gasteiger partial charge in [-0.1, -0.05) is 6.07 Å². The van der Waals surface area contributed by atoms with Gasteiger partial charge in [-0.25, -0.2) is 9.78 Å². The fourth-order valence-electron chi connectivity index (χ4n) is 3.59. The molecular formula is C22H17N3O6. The molecule has 0 bridgehead atoms. The summed E-state index contributed by atoms with van der Waals surface area (Å²) in [5.74, 6) is 2.18. The molecule has 0 atom stereocenters. The average molecular weight is 419 g/mol. The third-order valence-corrected chi connectivity index (χ3v) is 5.33. The molecule has 9 heteroatoms. The average Bonchev–Trinajstić information content (AvgIpc) is 3.45. The van der Waals surface area contributed by atoms with Crippen molar-refractivity contribution in [2.45, 2.75) is 18.3 Å². The van der Waals surface area contributed by atoms with Crippen molar-refractivity contribution in [3.05, 3.63) is 76.5 Å². The Hall–Kier alpha value is -4.14. The summed E-state index contributed by atoms with van der Waals surface area (Å²) in [6.45, 7) is 0.690. The number of benzene rings is 2. The molecule has 1 saturated carbocycles. The summed E-state index contributed by atoms with van der Waals surface area (Å²) in [5, 5.41) is 13.2. The van der Waals surface area contributed by atoms with Crippen molar-refractivity contribution in [1.82, 2.24) is 4.98 Å². The van der Waals surface area contributed by atoms with Crippen molar-refractivity contribution >= 4 is 17.5 Å². The minimum Gasteiger partial charge on any atom is -0.492 e. The van der Waals surface area contributed by atoms with Gasteiger partial charge in [0.05, 0.1) is 23.4 Å². The van der Waals surface area contributed by atoms with Gasteiger partial charge in [-0.15, -0.1) is 0 Å². The van der Waals surface area contributed by atoms with Gasteiger partial charge in [0, 0.05) is 29.2 Å². The molecule has 1 aliphatic carbocycles. The lowest BCUT2D eigenvalue weighted by Gasteiger charge is -2.12. The van der Waals surface area contributed by atoms with Gasteiger partial charge in [-0.2, -0.15) is 0 Å². The molecule has 2 aromatic carbocycles. The maximum absolute atomic E-state index is 12.0. The molecule has 0 radical (unpaired) electrons. The van der Waals surface area contributed by atoms with Crippen LogP contribution in [0.1, 0.15) is 18.4 Å². The summed E-state index contributed by atoms with van der Waals surface area (Å²) in [7, 11) is 0. The number of hydrogen-bond donors (Lipinski definition) is 1. The number of ether oxygens (including phenoxy) is 3. The van der Waals surface area contributed by atoms with E-state index in [1.165, 1.54) is 30.5 Å². The highest BCUT2D eigenvalue weighted by Gasteiger charge is 2.52. The lowest BCUT2D eigenvalue weighted by molar-refractivity contribution is -0.384. The van der Waals surface area contributed by atoms with Crippen LogP contribution in [0.25, 0.3) is 0 Å². The van der Waals surface area contributed by atoms with Crippen LogP contribution in [-0.4, -0.2) is 22.6 Å². The normalized spacial score (nSPS) is 15.0. The number of carbonyl (C=O) groups is 1. The number of anilines is 1. The molecule has 3 aromatic rings. The Morgan fingerprint density at radius 3 is 2.61 bits per heavy atom. The number of carbonyl (C=O) groups excluding carboxylic acids is 1. The zero-order valence-corrected chi connectivity index (χ0v) is 16.2. The number of rotatable bonds is 5. The molecular weight excluding hydrogens is 402 g/mol. The van der Waals surface area contributed by atoms with Gasteiger partial charge in [0.15, 0.2) is 0 Å². The third kappa shape index (κ3) is 3.73. The first-order valence-corrected chi connectivity index (χ1v) is 9.66. The van der Waals surface area contributed by atoms with Crippen LogP contribution < -0.4 is 19.5 Å². The van der Waals surface area contributed by atoms with Crippen LogP contribution in [0.3, 0.4) is 0 Å². The van der Waals surface area contributed by atoms with E-state index in [0.717, 1.165) is 29.9 Å². The summed E-state index contributed by atoms with van der Waals surface area (Å²) in [4.78, 5) is 26.4. The Labute approximate surface area is 176 Å². The number of amides is 1. The maximum Gasteiger partial charge on any atom is 0.417 e. The van der Waals surface area contributed by atoms with Gasteiger partial charge in [0.2, 0.25) is 5.88 Å². The second-order valence-corrected chi connectivity index (χ2v) is 7.45. The largest absolute Gasteiger partial charge is 0.492 e. The first-order valence-electron chi connectivity index (χ1n) is 9.66. The molecule has 1 aliphatic heterocycles. The molecule has 0 saturated heterocycles. The minimum atomic E-state index is -0.738. The predicted octanol–water partition coefficient (Wildman–Crippen LogP) is 4.82. The van der Waals surface area contributed by atoms with Crippen molar-refractivity contribution in [3.8, 4) is 23.1 Å². The van der Waals surface area contributed by atoms with Crippen LogP contribution in [0, 0.1) is 10.1 Å². The number of nitrogens with one attached hydrogen (secondary N) is 1. The van der Waals surface area contributed by atoms with Crippen LogP contribution >= 0.6 is 0 Å². The van der Waals surface area contributed by atoms with E-state index in [1.54, 1.807) is 12.1 Å². The first kappa shape index (κ1) is 18.9. The Morgan fingerprint density at radius 1 is 1.13 bits per heavy atom. The Bertz CT molecular complexity index is 1160. The van der Waals surface area contributed by atoms with Gasteiger partial charge in [-0.05, 0) is 43.2 Å². The van der Waals surface area contributed by atoms with Crippen molar-refractivity contribution in [2.24, 2.45) is 0 Å². The molecule has 5 rings (SSSR count). The van der Waals surface area contributed by atoms with Gasteiger partial charge in [-0.3, -0.25) is 15.4 Å². The second-order valence-electron chi connectivity index (χ2n) is 7.45. The van der Waals surface area contributed by atoms with Crippen LogP contribution in [0.5, 0.6) is 23.1 Å². The van der Waals surface area contributed by atoms with E-state index >= 15 is 0 Å². The highest BCUT2D eigenvalue weighted by molar-refractivity contribution is 5.86. The van der Waals surface area contributed by atoms with Crippen molar-refractivity contribution in [2.75, 3.05) is 11.9 Å². The Morgan fingerprint density at radius 2 is 1.94 bits per heavy atom. The maximum atomic E-state index is 12.0. The topological polar surface area (TPSA) is 113 Å². The van der Waals surface area contributed by atoms with Gasteiger partial charge in [0.1, 0.15) is 17.2 Å². The van der Waals surface area contributed by atoms with Crippen molar-refractivity contribution < 1.29 is 23.9 Å². The standard InChI is InChI=1S/C22H17N3O6/c26-21(30-16-7-5-15(6-8-16)25(27)28)24-14-4-9-19(23-12-14)31-18-3-1-2-17-20(18)22(10-11-22)13-29-17/h1-9,12H,10-11,13H2,(H,24,26). The molecule has 1 aromatic heterocycles. The quantitative estimate of drug-likeness (QED) is 0.466. The lowest BCUT2D eigenvalue weighted by atomic mass is 9.97. The molecule has 9 nitrogen and oxygen atoms in total. The van der Waals surface area contributed by atoms with E-state index in [1.807, 2.05) is 18.2 Å². The van der Waals surface area contributed by atoms with Gasteiger partial charge >= 0.3 is 6.09 Å². The predicted molar refractivity (Wildman–Crippen MR) is 110 cm³/mol. The molecule has 1 fully saturated rings. The molecule has 156 valence electrons. The third-order valence-electron chi connectivity index (χ3n) is 5.33. The Balaban J connectivity index is 1.22. The fourth-order valence-corrected chi connectivity index (χ4v) is 3.59. The summed E-state index contributed by atoms with van der Waals surface area (Å²) in [6.07, 6.45) is 2.90. The zero-order valence-electron chi connectivity index (χ0n) is 16.2. The number of non-ortho nitro benzene ring substituents is 1. The van der Waals surface area contributed by atoms with Crippen LogP contribution in [0.4, 0.5) is 16.2 Å². The SMILES string of the molecule is O=C(Nc1ccc(Oc2cccc3c2C2(CC2)CO3)nc1)Oc1ccc([N+](=O)[O-])cc1. The smallest absolute Gasteiger partial charge is 0.417 e. The summed E-state index contributed by atoms with van der Waals surface area (Å²) in [5.41, 5.74) is 1.51. The number of hydrogen-bond acceptors (Lipinski definition) is 7. The highest BCUT2D eigenvalue weighted by Crippen LogP contribution is 2.58. The highest BCUT2D eigenvalue weighted by atomic mass is 16.6. The number of nitro groups is 1. The van der Waals surface area contributed by atoms with Crippen molar-refractivity contribution in [1.29, 1.82) is 0 Å². The molecule has 0 unspecified atom stereocenters. The number of nitro benzene ring substituents is 1. The number of nitrogens with zero attached hydrogens (tertiary/aromatic N) is 2. The first-order chi connectivity index (χ1) is 15.0. The van der Waals surface area contributed by atoms with E-state index < -0.39 is 11.0 Å². The summed E-state index contributed by atoms with van der Waals surface area (Å²) >= 11 is 0. The van der Waals surface area contributed by atoms with E-state index in [-0.39, 0.29) is 16.9 Å². The number of fused-ring (bicyclic) bond motifs is 2. The molecule has 31 heavy (non-hydrogen) atoms. The van der Waals surface area contributed by atoms with Gasteiger partial charge < -0.3 is 14.2 Å². The van der Waals surface area contributed by atoms with E-state index in [9.17, 15) is 14.9 Å². The van der Waals surface area contributed by atoms with E-state index in [0.29, 0.717) is 18.2 Å². The Kier molecular flexibility index (Phi) is 4.43. The lowest BCUT2D eigenvalue weighted by Crippen LogP contribution is -2.16. The molecule has 2 aliphatic rings. The summed E-state index contributed by atoms with van der Waals surface area (Å²) < 4.78 is 16.9. The van der Waals surface area contributed by atoms with Crippen LogP contribution in [0.15, 0.2) is 60.8 Å². The van der Waals surface area contributed by atoms with E-state index in [2.05, 4.69) is 10.3 Å². The monoisotopic (exact) mass is 419 g/mol. The van der Waals surface area contributed by atoms with Crippen LogP contribution in [-0.2, 0) is 5.41 Å². The molecule has 1 N–H and O–H groups in total. The molecule has 1 amide bonds. The van der Waals surface area contributed by atoms with Gasteiger partial charge in [0.25, 0.3) is 5.69 Å². The van der Waals surface area contributed by atoms with Crippen LogP contribution in [0.2, 0.25) is 0 Å². The fraction of sp³-hybridized carbons (Fsp3) is 0.182. The number of pyridine rings is 1. The molecule has 2 heterocycles.